The van der Waals surface area contributed by atoms with Gasteiger partial charge < -0.3 is 9.13 Å². The van der Waals surface area contributed by atoms with Crippen LogP contribution in [0.5, 0.6) is 0 Å². The van der Waals surface area contributed by atoms with Crippen molar-refractivity contribution in [2.45, 2.75) is 40.0 Å². The quantitative estimate of drug-likeness (QED) is 0.151. The zero-order chi connectivity index (χ0) is 40.3. The Kier molecular flexibility index (Phi) is 9.03. The van der Waals surface area contributed by atoms with Crippen molar-refractivity contribution in [1.82, 2.24) is 14.1 Å². The van der Waals surface area contributed by atoms with Crippen LogP contribution < -0.4 is 0 Å². The fraction of sp³-hybridized carbons (Fsp3) is 0.109. The molecule has 4 heteroatoms. The highest BCUT2D eigenvalue weighted by Gasteiger charge is 2.38. The smallest absolute Gasteiger partial charge is 0.0702 e. The molecular weight excluding hydrogens is 735 g/mol. The average Bonchev–Trinajstić information content (AvgIpc) is 3.97. The Morgan fingerprint density at radius 3 is 1.63 bits per heavy atom. The number of hydrogen-bond donors (Lipinski definition) is 0. The zero-order valence-electron chi connectivity index (χ0n) is 34.1. The van der Waals surface area contributed by atoms with E-state index in [4.69, 9.17) is 4.98 Å². The van der Waals surface area contributed by atoms with E-state index in [2.05, 4.69) is 220 Å². The number of thiophene rings is 1. The first-order valence-electron chi connectivity index (χ1n) is 20.4. The minimum absolute atomic E-state index is 0.557. The molecule has 10 aromatic rings. The highest BCUT2D eigenvalue weighted by molar-refractivity contribution is 7.15. The summed E-state index contributed by atoms with van der Waals surface area (Å²) >= 11 is 1.83. The second-order valence-electron chi connectivity index (χ2n) is 16.1. The number of para-hydroxylation sites is 4. The van der Waals surface area contributed by atoms with E-state index in [0.29, 0.717) is 0 Å². The Morgan fingerprint density at radius 2 is 1.08 bits per heavy atom. The average molecular weight is 780 g/mol. The molecule has 4 aromatic heterocycles. The zero-order valence-corrected chi connectivity index (χ0v) is 34.9. The van der Waals surface area contributed by atoms with Gasteiger partial charge in [0.1, 0.15) is 0 Å². The Balaban J connectivity index is 1.15. The normalized spacial score (nSPS) is 11.8. The summed E-state index contributed by atoms with van der Waals surface area (Å²) in [5.41, 5.74) is 17.3. The predicted octanol–water partition coefficient (Wildman–Crippen LogP) is 14.6. The molecule has 0 aliphatic carbocycles. The monoisotopic (exact) mass is 779 g/mol. The largest absolute Gasteiger partial charge is 0.316 e. The molecule has 59 heavy (non-hydrogen) atoms. The minimum atomic E-state index is -0.557. The lowest BCUT2D eigenvalue weighted by molar-refractivity contribution is 0.701. The highest BCUT2D eigenvalue weighted by atomic mass is 32.1. The van der Waals surface area contributed by atoms with Crippen LogP contribution in [0.15, 0.2) is 182 Å². The maximum Gasteiger partial charge on any atom is 0.0702 e. The molecule has 10 rings (SSSR count). The Hall–Kier alpha value is -6.75. The van der Waals surface area contributed by atoms with Gasteiger partial charge in [0, 0.05) is 67.0 Å². The van der Waals surface area contributed by atoms with Crippen molar-refractivity contribution in [3.05, 3.63) is 221 Å². The summed E-state index contributed by atoms with van der Waals surface area (Å²) in [6.45, 7) is 11.2. The van der Waals surface area contributed by atoms with Crippen LogP contribution in [0.2, 0.25) is 0 Å². The third kappa shape index (κ3) is 6.32. The SMILES string of the molecule is Cc1cc(-c2ccc(-c3ccc(-c4sc(C)cc4C)cn3)cc2C)cc(C(C)(c2cn(-c3ccccc3)c3ccccc23)c2cn(-c3ccccc3)c3ccccc23)c1. The molecule has 0 aliphatic heterocycles. The van der Waals surface area contributed by atoms with Gasteiger partial charge in [-0.2, -0.15) is 0 Å². The third-order valence-corrected chi connectivity index (χ3v) is 13.3. The van der Waals surface area contributed by atoms with Gasteiger partial charge in [0.15, 0.2) is 0 Å². The van der Waals surface area contributed by atoms with Crippen molar-refractivity contribution in [3.8, 4) is 44.2 Å². The molecular formula is C55H45N3S. The van der Waals surface area contributed by atoms with Gasteiger partial charge >= 0.3 is 0 Å². The van der Waals surface area contributed by atoms with Crippen LogP contribution in [0.3, 0.4) is 0 Å². The second kappa shape index (κ2) is 14.6. The van der Waals surface area contributed by atoms with E-state index >= 15 is 0 Å². The predicted molar refractivity (Wildman–Crippen MR) is 249 cm³/mol. The van der Waals surface area contributed by atoms with Crippen molar-refractivity contribution < 1.29 is 0 Å². The van der Waals surface area contributed by atoms with Crippen LogP contribution in [0.1, 0.15) is 45.2 Å². The maximum absolute atomic E-state index is 4.95. The molecule has 0 fully saturated rings. The van der Waals surface area contributed by atoms with Gasteiger partial charge in [0.2, 0.25) is 0 Å². The Bertz CT molecular complexity index is 3030. The summed E-state index contributed by atoms with van der Waals surface area (Å²) in [5.74, 6) is 0. The van der Waals surface area contributed by atoms with Crippen molar-refractivity contribution in [3.63, 3.8) is 0 Å². The van der Waals surface area contributed by atoms with Crippen molar-refractivity contribution in [1.29, 1.82) is 0 Å². The van der Waals surface area contributed by atoms with Gasteiger partial charge in [-0.1, -0.05) is 103 Å². The summed E-state index contributed by atoms with van der Waals surface area (Å²) < 4.78 is 4.73. The van der Waals surface area contributed by atoms with Crippen molar-refractivity contribution >= 4 is 33.1 Å². The number of aromatic nitrogens is 3. The first-order valence-corrected chi connectivity index (χ1v) is 21.2. The molecule has 286 valence electrons. The summed E-state index contributed by atoms with van der Waals surface area (Å²) in [7, 11) is 0. The van der Waals surface area contributed by atoms with Crippen LogP contribution in [0, 0.1) is 27.7 Å². The molecule has 3 nitrogen and oxygen atoms in total. The van der Waals surface area contributed by atoms with Crippen LogP contribution in [0.4, 0.5) is 0 Å². The highest BCUT2D eigenvalue weighted by Crippen LogP contribution is 2.48. The molecule has 0 amide bonds. The van der Waals surface area contributed by atoms with Crippen LogP contribution in [-0.4, -0.2) is 14.1 Å². The molecule has 6 aromatic carbocycles. The van der Waals surface area contributed by atoms with E-state index in [1.54, 1.807) is 0 Å². The number of pyridine rings is 1. The van der Waals surface area contributed by atoms with E-state index in [1.807, 2.05) is 17.5 Å². The topological polar surface area (TPSA) is 22.8 Å². The summed E-state index contributed by atoms with van der Waals surface area (Å²) in [4.78, 5) is 7.57. The molecule has 0 spiro atoms. The van der Waals surface area contributed by atoms with Gasteiger partial charge in [-0.3, -0.25) is 4.98 Å². The van der Waals surface area contributed by atoms with Crippen molar-refractivity contribution in [2.75, 3.05) is 0 Å². The number of aryl methyl sites for hydroxylation is 4. The second-order valence-corrected chi connectivity index (χ2v) is 17.3. The number of nitrogens with zero attached hydrogens (tertiary/aromatic N) is 3. The number of rotatable bonds is 8. The van der Waals surface area contributed by atoms with Gasteiger partial charge in [-0.25, -0.2) is 0 Å². The first kappa shape index (κ1) is 36.6. The van der Waals surface area contributed by atoms with E-state index < -0.39 is 5.41 Å². The molecule has 0 bridgehead atoms. The summed E-state index contributed by atoms with van der Waals surface area (Å²) in [5, 5.41) is 2.48. The lowest BCUT2D eigenvalue weighted by atomic mass is 9.70. The first-order chi connectivity index (χ1) is 28.8. The Morgan fingerprint density at radius 1 is 0.508 bits per heavy atom. The Labute approximate surface area is 350 Å². The standard InChI is InChI=1S/C55H45N3S/c1-36-28-42(46-26-24-40(31-37(46)2)51-27-25-41(33-56-51)54-38(3)30-39(4)59-54)32-43(29-36)55(5,49-34-57(44-16-8-6-9-17-44)52-22-14-12-20-47(49)52)50-35-58(45-18-10-7-11-19-45)53-23-15-13-21-48(50)53/h6-35H,1-5H3. The van der Waals surface area contributed by atoms with E-state index in [1.165, 1.54) is 81.6 Å². The van der Waals surface area contributed by atoms with Gasteiger partial charge in [-0.05, 0) is 140 Å². The van der Waals surface area contributed by atoms with Gasteiger partial charge in [-0.15, -0.1) is 11.3 Å². The molecule has 0 saturated heterocycles. The van der Waals surface area contributed by atoms with Gasteiger partial charge in [0.25, 0.3) is 0 Å². The van der Waals surface area contributed by atoms with Crippen LogP contribution in [-0.2, 0) is 5.41 Å². The van der Waals surface area contributed by atoms with Gasteiger partial charge in [0.05, 0.1) is 16.7 Å². The summed E-state index contributed by atoms with van der Waals surface area (Å²) in [6, 6.07) is 59.8. The van der Waals surface area contributed by atoms with E-state index in [0.717, 1.165) is 22.6 Å². The molecule has 0 saturated carbocycles. The van der Waals surface area contributed by atoms with Crippen LogP contribution in [0.25, 0.3) is 66.0 Å². The fourth-order valence-corrected chi connectivity index (χ4v) is 10.2. The molecule has 4 heterocycles. The van der Waals surface area contributed by atoms with Crippen LogP contribution >= 0.6 is 11.3 Å². The molecule has 0 radical (unpaired) electrons. The van der Waals surface area contributed by atoms with Crippen molar-refractivity contribution in [2.24, 2.45) is 0 Å². The molecule has 0 atom stereocenters. The third-order valence-electron chi connectivity index (χ3n) is 12.1. The minimum Gasteiger partial charge on any atom is -0.316 e. The maximum atomic E-state index is 4.95. The summed E-state index contributed by atoms with van der Waals surface area (Å²) in [6.07, 6.45) is 6.79. The lowest BCUT2D eigenvalue weighted by Gasteiger charge is -2.32. The fourth-order valence-electron chi connectivity index (χ4n) is 9.22. The number of benzene rings is 6. The van der Waals surface area contributed by atoms with E-state index in [-0.39, 0.29) is 0 Å². The number of hydrogen-bond acceptors (Lipinski definition) is 2. The molecule has 0 N–H and O–H groups in total. The lowest BCUT2D eigenvalue weighted by Crippen LogP contribution is -2.25. The molecule has 0 aliphatic rings. The van der Waals surface area contributed by atoms with E-state index in [9.17, 15) is 0 Å². The number of fused-ring (bicyclic) bond motifs is 2. The molecule has 0 unspecified atom stereocenters.